The molecule has 1 rings (SSSR count). The Hall–Kier alpha value is -1.15. The van der Waals surface area contributed by atoms with Crippen molar-refractivity contribution in [1.82, 2.24) is 4.90 Å². The van der Waals surface area contributed by atoms with Crippen molar-refractivity contribution < 1.29 is 23.1 Å². The normalized spacial score (nSPS) is 22.1. The van der Waals surface area contributed by atoms with Crippen LogP contribution in [-0.4, -0.2) is 48.6 Å². The second kappa shape index (κ2) is 5.69. The van der Waals surface area contributed by atoms with E-state index in [0.29, 0.717) is 0 Å². The van der Waals surface area contributed by atoms with Crippen LogP contribution in [0.5, 0.6) is 0 Å². The SMILES string of the molecule is CC(C)(C)C(CC(=O)O)N1CC(CS(N)(=O)=O)CC1=O. The first-order valence-corrected chi connectivity index (χ1v) is 8.13. The molecule has 0 aromatic heterocycles. The minimum atomic E-state index is -3.63. The molecule has 0 aromatic rings. The van der Waals surface area contributed by atoms with E-state index in [1.165, 1.54) is 4.90 Å². The molecule has 1 saturated heterocycles. The van der Waals surface area contributed by atoms with Crippen molar-refractivity contribution in [3.8, 4) is 0 Å². The van der Waals surface area contributed by atoms with Crippen LogP contribution in [0.1, 0.15) is 33.6 Å². The van der Waals surface area contributed by atoms with Crippen molar-refractivity contribution in [2.75, 3.05) is 12.3 Å². The average Bonchev–Trinajstić information content (AvgIpc) is 2.50. The van der Waals surface area contributed by atoms with Crippen molar-refractivity contribution in [3.05, 3.63) is 0 Å². The molecule has 20 heavy (non-hydrogen) atoms. The van der Waals surface area contributed by atoms with Gasteiger partial charge in [0.05, 0.1) is 12.2 Å². The molecule has 0 aliphatic carbocycles. The fourth-order valence-corrected chi connectivity index (χ4v) is 3.48. The number of carboxylic acids is 1. The van der Waals surface area contributed by atoms with Crippen molar-refractivity contribution in [2.24, 2.45) is 16.5 Å². The van der Waals surface area contributed by atoms with Crippen molar-refractivity contribution in [2.45, 2.75) is 39.7 Å². The molecule has 1 heterocycles. The van der Waals surface area contributed by atoms with Gasteiger partial charge in [-0.15, -0.1) is 0 Å². The molecular formula is C12H22N2O5S. The summed E-state index contributed by atoms with van der Waals surface area (Å²) in [4.78, 5) is 24.5. The lowest BCUT2D eigenvalue weighted by atomic mass is 9.83. The number of sulfonamides is 1. The fraction of sp³-hybridized carbons (Fsp3) is 0.833. The van der Waals surface area contributed by atoms with Gasteiger partial charge in [0.1, 0.15) is 0 Å². The smallest absolute Gasteiger partial charge is 0.305 e. The van der Waals surface area contributed by atoms with Gasteiger partial charge in [-0.1, -0.05) is 20.8 Å². The van der Waals surface area contributed by atoms with E-state index < -0.39 is 27.4 Å². The quantitative estimate of drug-likeness (QED) is 0.742. The van der Waals surface area contributed by atoms with Gasteiger partial charge in [-0.25, -0.2) is 13.6 Å². The highest BCUT2D eigenvalue weighted by Crippen LogP contribution is 2.32. The molecule has 1 amide bonds. The Balaban J connectivity index is 2.88. The Kier molecular flexibility index (Phi) is 4.81. The number of nitrogens with zero attached hydrogens (tertiary/aromatic N) is 1. The highest BCUT2D eigenvalue weighted by atomic mass is 32.2. The molecule has 7 nitrogen and oxygen atoms in total. The van der Waals surface area contributed by atoms with Gasteiger partial charge in [0, 0.05) is 24.9 Å². The number of carbonyl (C=O) groups excluding carboxylic acids is 1. The van der Waals surface area contributed by atoms with Crippen LogP contribution in [0.15, 0.2) is 0 Å². The topological polar surface area (TPSA) is 118 Å². The van der Waals surface area contributed by atoms with Gasteiger partial charge in [-0.2, -0.15) is 0 Å². The van der Waals surface area contributed by atoms with Crippen molar-refractivity contribution >= 4 is 21.9 Å². The summed E-state index contributed by atoms with van der Waals surface area (Å²) in [6.45, 7) is 5.83. The summed E-state index contributed by atoms with van der Waals surface area (Å²) in [6, 6.07) is -0.460. The molecule has 0 spiro atoms. The number of nitrogens with two attached hydrogens (primary N) is 1. The van der Waals surface area contributed by atoms with Gasteiger partial charge in [0.2, 0.25) is 15.9 Å². The fourth-order valence-electron chi connectivity index (χ4n) is 2.60. The number of aliphatic carboxylic acids is 1. The molecule has 0 saturated carbocycles. The molecule has 8 heteroatoms. The summed E-state index contributed by atoms with van der Waals surface area (Å²) in [5.74, 6) is -1.80. The number of amides is 1. The predicted octanol–water partition coefficient (Wildman–Crippen LogP) is 0.0128. The van der Waals surface area contributed by atoms with Crippen LogP contribution in [0.3, 0.4) is 0 Å². The summed E-state index contributed by atoms with van der Waals surface area (Å²) in [5.41, 5.74) is -0.398. The second-order valence-electron chi connectivity index (χ2n) is 6.43. The van der Waals surface area contributed by atoms with Crippen LogP contribution in [-0.2, 0) is 19.6 Å². The first-order chi connectivity index (χ1) is 8.90. The molecular weight excluding hydrogens is 284 g/mol. The Morgan fingerprint density at radius 1 is 1.50 bits per heavy atom. The lowest BCUT2D eigenvalue weighted by Gasteiger charge is -2.37. The Labute approximate surface area is 119 Å². The summed E-state index contributed by atoms with van der Waals surface area (Å²) in [6.07, 6.45) is -0.0556. The van der Waals surface area contributed by atoms with Crippen LogP contribution in [0.4, 0.5) is 0 Å². The summed E-state index contributed by atoms with van der Waals surface area (Å²) in [7, 11) is -3.63. The molecule has 0 bridgehead atoms. The van der Waals surface area contributed by atoms with E-state index in [4.69, 9.17) is 10.2 Å². The number of likely N-dealkylation sites (tertiary alicyclic amines) is 1. The third-order valence-corrected chi connectivity index (χ3v) is 4.39. The van der Waals surface area contributed by atoms with E-state index in [-0.39, 0.29) is 37.0 Å². The van der Waals surface area contributed by atoms with Crippen LogP contribution >= 0.6 is 0 Å². The standard InChI is InChI=1S/C12H22N2O5S/c1-12(2,3)9(5-11(16)17)14-6-8(4-10(14)15)7-20(13,18)19/h8-9H,4-7H2,1-3H3,(H,16,17)(H2,13,18,19). The maximum absolute atomic E-state index is 12.0. The molecule has 1 fully saturated rings. The van der Waals surface area contributed by atoms with Crippen molar-refractivity contribution in [1.29, 1.82) is 0 Å². The van der Waals surface area contributed by atoms with E-state index in [9.17, 15) is 18.0 Å². The lowest BCUT2D eigenvalue weighted by molar-refractivity contribution is -0.141. The number of carboxylic acid groups (broad SMARTS) is 1. The highest BCUT2D eigenvalue weighted by molar-refractivity contribution is 7.89. The largest absolute Gasteiger partial charge is 0.481 e. The molecule has 2 atom stereocenters. The molecule has 2 unspecified atom stereocenters. The number of hydrogen-bond donors (Lipinski definition) is 2. The summed E-state index contributed by atoms with van der Waals surface area (Å²) >= 11 is 0. The molecule has 0 radical (unpaired) electrons. The zero-order chi connectivity index (χ0) is 15.7. The zero-order valence-corrected chi connectivity index (χ0v) is 12.8. The number of primary sulfonamides is 1. The van der Waals surface area contributed by atoms with Crippen LogP contribution < -0.4 is 5.14 Å². The highest BCUT2D eigenvalue weighted by Gasteiger charge is 2.41. The Morgan fingerprint density at radius 3 is 2.45 bits per heavy atom. The van der Waals surface area contributed by atoms with E-state index in [1.54, 1.807) is 0 Å². The molecule has 1 aliphatic heterocycles. The first-order valence-electron chi connectivity index (χ1n) is 6.42. The molecule has 3 N–H and O–H groups in total. The van der Waals surface area contributed by atoms with Gasteiger partial charge in [0.25, 0.3) is 0 Å². The second-order valence-corrected chi connectivity index (χ2v) is 8.08. The number of hydrogen-bond acceptors (Lipinski definition) is 4. The maximum atomic E-state index is 12.0. The molecule has 116 valence electrons. The molecule has 1 aliphatic rings. The number of rotatable bonds is 5. The monoisotopic (exact) mass is 306 g/mol. The third kappa shape index (κ3) is 4.75. The van der Waals surface area contributed by atoms with E-state index in [0.717, 1.165) is 0 Å². The predicted molar refractivity (Wildman–Crippen MR) is 73.3 cm³/mol. The van der Waals surface area contributed by atoms with Crippen LogP contribution in [0.25, 0.3) is 0 Å². The minimum Gasteiger partial charge on any atom is -0.481 e. The van der Waals surface area contributed by atoms with Gasteiger partial charge < -0.3 is 10.0 Å². The van der Waals surface area contributed by atoms with E-state index in [1.807, 2.05) is 20.8 Å². The number of carbonyl (C=O) groups is 2. The lowest BCUT2D eigenvalue weighted by Crippen LogP contribution is -2.46. The van der Waals surface area contributed by atoms with Gasteiger partial charge >= 0.3 is 5.97 Å². The summed E-state index contributed by atoms with van der Waals surface area (Å²) < 4.78 is 22.2. The van der Waals surface area contributed by atoms with E-state index >= 15 is 0 Å². The average molecular weight is 306 g/mol. The Morgan fingerprint density at radius 2 is 2.05 bits per heavy atom. The van der Waals surface area contributed by atoms with Crippen molar-refractivity contribution in [3.63, 3.8) is 0 Å². The third-order valence-electron chi connectivity index (χ3n) is 3.45. The molecule has 0 aromatic carbocycles. The van der Waals surface area contributed by atoms with E-state index in [2.05, 4.69) is 0 Å². The van der Waals surface area contributed by atoms with Crippen LogP contribution in [0.2, 0.25) is 0 Å². The van der Waals surface area contributed by atoms with Gasteiger partial charge in [0.15, 0.2) is 0 Å². The zero-order valence-electron chi connectivity index (χ0n) is 12.0. The van der Waals surface area contributed by atoms with Gasteiger partial charge in [-0.3, -0.25) is 9.59 Å². The first kappa shape index (κ1) is 16.9. The van der Waals surface area contributed by atoms with Crippen LogP contribution in [0, 0.1) is 11.3 Å². The minimum absolute atomic E-state index is 0.0998. The maximum Gasteiger partial charge on any atom is 0.305 e. The van der Waals surface area contributed by atoms with Gasteiger partial charge in [-0.05, 0) is 5.41 Å². The Bertz CT molecular complexity index is 494. The summed E-state index contributed by atoms with van der Waals surface area (Å²) in [5, 5.41) is 14.0.